The van der Waals surface area contributed by atoms with Crippen LogP contribution in [0.25, 0.3) is 0 Å². The molecule has 27 heavy (non-hydrogen) atoms. The van der Waals surface area contributed by atoms with E-state index in [0.717, 1.165) is 34.4 Å². The Morgan fingerprint density at radius 3 is 2.81 bits per heavy atom. The molecule has 0 unspecified atom stereocenters. The zero-order valence-corrected chi connectivity index (χ0v) is 15.3. The van der Waals surface area contributed by atoms with Crippen molar-refractivity contribution in [1.82, 2.24) is 15.6 Å². The van der Waals surface area contributed by atoms with Crippen LogP contribution in [0.5, 0.6) is 0 Å². The number of alkyl halides is 3. The molecule has 3 rings (SSSR count). The first-order valence-corrected chi connectivity index (χ1v) is 9.11. The van der Waals surface area contributed by atoms with Crippen LogP contribution in [0.1, 0.15) is 16.3 Å². The summed E-state index contributed by atoms with van der Waals surface area (Å²) in [5.74, 6) is 0.219. The predicted octanol–water partition coefficient (Wildman–Crippen LogP) is 2.42. The van der Waals surface area contributed by atoms with Crippen LogP contribution >= 0.6 is 11.3 Å². The summed E-state index contributed by atoms with van der Waals surface area (Å²) in [6, 6.07) is 7.75. The van der Waals surface area contributed by atoms with Gasteiger partial charge in [0.15, 0.2) is 11.7 Å². The summed E-state index contributed by atoms with van der Waals surface area (Å²) >= 11 is 0.914. The lowest BCUT2D eigenvalue weighted by Gasteiger charge is -2.18. The number of hydrogen-bond donors (Lipinski definition) is 2. The molecule has 1 aromatic heterocycles. The molecule has 144 valence electrons. The van der Waals surface area contributed by atoms with Gasteiger partial charge in [0.1, 0.15) is 5.01 Å². The fourth-order valence-corrected chi connectivity index (χ4v) is 3.49. The first kappa shape index (κ1) is 19.2. The number of anilines is 1. The van der Waals surface area contributed by atoms with E-state index in [1.165, 1.54) is 7.05 Å². The Morgan fingerprint density at radius 2 is 2.11 bits per heavy atom. The van der Waals surface area contributed by atoms with Gasteiger partial charge in [-0.15, -0.1) is 11.3 Å². The summed E-state index contributed by atoms with van der Waals surface area (Å²) in [6.07, 6.45) is -3.63. The first-order valence-electron chi connectivity index (χ1n) is 8.23. The average molecular weight is 397 g/mol. The molecule has 2 N–H and O–H groups in total. The van der Waals surface area contributed by atoms with Crippen molar-refractivity contribution in [3.8, 4) is 0 Å². The van der Waals surface area contributed by atoms with Crippen molar-refractivity contribution in [2.75, 3.05) is 25.0 Å². The van der Waals surface area contributed by atoms with Crippen molar-refractivity contribution in [3.63, 3.8) is 0 Å². The van der Waals surface area contributed by atoms with Crippen molar-refractivity contribution < 1.29 is 18.0 Å². The smallest absolute Gasteiger partial charge is 0.350 e. The number of guanidine groups is 1. The molecule has 2 aromatic rings. The highest BCUT2D eigenvalue weighted by atomic mass is 32.1. The molecule has 0 aliphatic carbocycles. The monoisotopic (exact) mass is 397 g/mol. The summed E-state index contributed by atoms with van der Waals surface area (Å²) in [7, 11) is 1.52. The highest BCUT2D eigenvalue weighted by Gasteiger charge is 2.33. The number of rotatable bonds is 4. The number of amides is 1. The zero-order chi connectivity index (χ0) is 19.4. The number of carbonyl (C=O) groups is 1. The van der Waals surface area contributed by atoms with Crippen molar-refractivity contribution in [3.05, 3.63) is 45.9 Å². The lowest BCUT2D eigenvalue weighted by atomic mass is 10.2. The van der Waals surface area contributed by atoms with E-state index in [9.17, 15) is 18.0 Å². The molecular weight excluding hydrogens is 379 g/mol. The van der Waals surface area contributed by atoms with Gasteiger partial charge in [0.2, 0.25) is 5.91 Å². The SMILES string of the molecule is CN=C(NCC(=O)N1CCc2ccccc21)NCc1nc(C(F)(F)F)cs1. The van der Waals surface area contributed by atoms with Crippen molar-refractivity contribution in [2.45, 2.75) is 19.1 Å². The van der Waals surface area contributed by atoms with Crippen molar-refractivity contribution in [1.29, 1.82) is 0 Å². The van der Waals surface area contributed by atoms with Gasteiger partial charge < -0.3 is 15.5 Å². The van der Waals surface area contributed by atoms with Crippen LogP contribution in [-0.4, -0.2) is 37.0 Å². The standard InChI is InChI=1S/C17H18F3N5OS/c1-21-16(22-8-14-24-13(10-27-14)17(18,19)20)23-9-15(26)25-7-6-11-4-2-3-5-12(11)25/h2-5,10H,6-9H2,1H3,(H2,21,22,23). The Bertz CT molecular complexity index is 849. The Balaban J connectivity index is 1.51. The van der Waals surface area contributed by atoms with E-state index < -0.39 is 11.9 Å². The third kappa shape index (κ3) is 4.57. The van der Waals surface area contributed by atoms with Gasteiger partial charge in [0.05, 0.1) is 13.1 Å². The number of nitrogens with zero attached hydrogens (tertiary/aromatic N) is 3. The van der Waals surface area contributed by atoms with Crippen LogP contribution in [0.4, 0.5) is 18.9 Å². The highest BCUT2D eigenvalue weighted by Crippen LogP contribution is 2.30. The number of carbonyl (C=O) groups excluding carboxylic acids is 1. The maximum absolute atomic E-state index is 12.6. The first-order chi connectivity index (χ1) is 12.9. The normalized spacial score (nSPS) is 14.2. The lowest BCUT2D eigenvalue weighted by Crippen LogP contribution is -2.44. The predicted molar refractivity (Wildman–Crippen MR) is 97.8 cm³/mol. The molecule has 0 spiro atoms. The van der Waals surface area contributed by atoms with E-state index in [1.54, 1.807) is 4.90 Å². The van der Waals surface area contributed by atoms with E-state index in [4.69, 9.17) is 0 Å². The van der Waals surface area contributed by atoms with Crippen molar-refractivity contribution >= 4 is 28.9 Å². The number of para-hydroxylation sites is 1. The summed E-state index contributed by atoms with van der Waals surface area (Å²) in [5.41, 5.74) is 1.14. The second-order valence-electron chi connectivity index (χ2n) is 5.83. The van der Waals surface area contributed by atoms with Gasteiger partial charge in [-0.2, -0.15) is 13.2 Å². The summed E-state index contributed by atoms with van der Waals surface area (Å²) in [4.78, 5) is 21.7. The van der Waals surface area contributed by atoms with Crippen molar-refractivity contribution in [2.24, 2.45) is 4.99 Å². The van der Waals surface area contributed by atoms with Gasteiger partial charge in [-0.1, -0.05) is 18.2 Å². The Morgan fingerprint density at radius 1 is 1.33 bits per heavy atom. The second kappa shape index (κ2) is 7.95. The molecule has 6 nitrogen and oxygen atoms in total. The van der Waals surface area contributed by atoms with Crippen LogP contribution in [0, 0.1) is 0 Å². The second-order valence-corrected chi connectivity index (χ2v) is 6.77. The molecule has 1 amide bonds. The molecule has 0 radical (unpaired) electrons. The molecule has 2 heterocycles. The molecule has 1 aromatic carbocycles. The van der Waals surface area contributed by atoms with Gasteiger partial charge in [-0.25, -0.2) is 4.98 Å². The quantitative estimate of drug-likeness (QED) is 0.614. The molecule has 0 fully saturated rings. The van der Waals surface area contributed by atoms with E-state index in [1.807, 2.05) is 24.3 Å². The number of aliphatic imine (C=N–C) groups is 1. The van der Waals surface area contributed by atoms with Gasteiger partial charge in [0, 0.05) is 24.7 Å². The zero-order valence-electron chi connectivity index (χ0n) is 14.5. The highest BCUT2D eigenvalue weighted by molar-refractivity contribution is 7.09. The Labute approximate surface area is 158 Å². The van der Waals surface area contributed by atoms with Crippen LogP contribution in [-0.2, 0) is 23.9 Å². The third-order valence-corrected chi connectivity index (χ3v) is 4.92. The topological polar surface area (TPSA) is 69.6 Å². The molecule has 0 saturated heterocycles. The van der Waals surface area contributed by atoms with Crippen LogP contribution in [0.15, 0.2) is 34.6 Å². The molecule has 0 atom stereocenters. The summed E-state index contributed by atoms with van der Waals surface area (Å²) in [5, 5.41) is 7.01. The van der Waals surface area contributed by atoms with E-state index in [0.29, 0.717) is 12.5 Å². The average Bonchev–Trinajstić information content (AvgIpc) is 3.28. The molecular formula is C17H18F3N5OS. The van der Waals surface area contributed by atoms with E-state index >= 15 is 0 Å². The fourth-order valence-electron chi connectivity index (χ4n) is 2.75. The molecule has 0 bridgehead atoms. The third-order valence-electron chi connectivity index (χ3n) is 4.07. The minimum absolute atomic E-state index is 0.0275. The molecule has 0 saturated carbocycles. The summed E-state index contributed by atoms with van der Waals surface area (Å²) < 4.78 is 37.7. The number of thiazole rings is 1. The number of fused-ring (bicyclic) bond motifs is 1. The fraction of sp³-hybridized carbons (Fsp3) is 0.353. The number of nitrogens with one attached hydrogen (secondary N) is 2. The van der Waals surface area contributed by atoms with Crippen LogP contribution in [0.3, 0.4) is 0 Å². The van der Waals surface area contributed by atoms with Gasteiger partial charge in [-0.05, 0) is 18.1 Å². The number of aromatic nitrogens is 1. The van der Waals surface area contributed by atoms with Gasteiger partial charge in [0.25, 0.3) is 0 Å². The molecule has 1 aliphatic heterocycles. The maximum Gasteiger partial charge on any atom is 0.434 e. The molecule has 1 aliphatic rings. The Kier molecular flexibility index (Phi) is 5.64. The van der Waals surface area contributed by atoms with E-state index in [2.05, 4.69) is 20.6 Å². The number of benzene rings is 1. The van der Waals surface area contributed by atoms with E-state index in [-0.39, 0.29) is 24.0 Å². The lowest BCUT2D eigenvalue weighted by molar-refractivity contribution is -0.140. The van der Waals surface area contributed by atoms with Gasteiger partial charge >= 0.3 is 6.18 Å². The maximum atomic E-state index is 12.6. The van der Waals surface area contributed by atoms with Crippen LogP contribution < -0.4 is 15.5 Å². The number of halogens is 3. The molecule has 10 heteroatoms. The minimum atomic E-state index is -4.45. The largest absolute Gasteiger partial charge is 0.434 e. The van der Waals surface area contributed by atoms with Crippen LogP contribution in [0.2, 0.25) is 0 Å². The van der Waals surface area contributed by atoms with Gasteiger partial charge in [-0.3, -0.25) is 9.79 Å². The Hall–Kier alpha value is -2.62. The summed E-state index contributed by atoms with van der Waals surface area (Å²) in [6.45, 7) is 0.742. The number of hydrogen-bond acceptors (Lipinski definition) is 4. The minimum Gasteiger partial charge on any atom is -0.350 e.